The van der Waals surface area contributed by atoms with Gasteiger partial charge in [-0.05, 0) is 55.2 Å². The summed E-state index contributed by atoms with van der Waals surface area (Å²) in [6.07, 6.45) is 1.18. The fourth-order valence-corrected chi connectivity index (χ4v) is 4.92. The molecule has 3 rings (SSSR count). The van der Waals surface area contributed by atoms with Crippen LogP contribution in [0.1, 0.15) is 24.0 Å². The van der Waals surface area contributed by atoms with E-state index in [-0.39, 0.29) is 10.8 Å². The predicted octanol–water partition coefficient (Wildman–Crippen LogP) is 3.12. The van der Waals surface area contributed by atoms with Crippen molar-refractivity contribution in [3.8, 4) is 0 Å². The average Bonchev–Trinajstić information content (AvgIpc) is 3.12. The monoisotopic (exact) mass is 392 g/mol. The minimum absolute atomic E-state index is 0.153. The lowest BCUT2D eigenvalue weighted by molar-refractivity contribution is -0.124. The van der Waals surface area contributed by atoms with Crippen LogP contribution < -0.4 is 5.32 Å². The van der Waals surface area contributed by atoms with Crippen molar-refractivity contribution >= 4 is 27.5 Å². The number of hydrogen-bond acceptors (Lipinski definition) is 3. The van der Waals surface area contributed by atoms with Crippen LogP contribution in [-0.2, 0) is 21.4 Å². The fraction of sp³-hybridized carbons (Fsp3) is 0.316. The highest BCUT2D eigenvalue weighted by molar-refractivity contribution is 7.89. The maximum atomic E-state index is 12.9. The Labute approximate surface area is 159 Å². The van der Waals surface area contributed by atoms with Gasteiger partial charge in [0.05, 0.1) is 4.90 Å². The van der Waals surface area contributed by atoms with Crippen LogP contribution in [0.4, 0.5) is 0 Å². The molecule has 1 heterocycles. The summed E-state index contributed by atoms with van der Waals surface area (Å²) < 4.78 is 27.1. The number of rotatable bonds is 5. The van der Waals surface area contributed by atoms with E-state index in [1.807, 2.05) is 31.2 Å². The lowest BCUT2D eigenvalue weighted by Crippen LogP contribution is -2.45. The first-order chi connectivity index (χ1) is 12.4. The minimum atomic E-state index is -3.73. The van der Waals surface area contributed by atoms with Crippen LogP contribution in [-0.4, -0.2) is 31.2 Å². The van der Waals surface area contributed by atoms with Gasteiger partial charge in [-0.3, -0.25) is 4.79 Å². The molecule has 2 aromatic rings. The van der Waals surface area contributed by atoms with E-state index in [1.165, 1.54) is 28.6 Å². The molecule has 0 aliphatic carbocycles. The Morgan fingerprint density at radius 1 is 1.19 bits per heavy atom. The van der Waals surface area contributed by atoms with Crippen molar-refractivity contribution in [1.29, 1.82) is 0 Å². The van der Waals surface area contributed by atoms with E-state index in [4.69, 9.17) is 11.6 Å². The second-order valence-electron chi connectivity index (χ2n) is 6.37. The second-order valence-corrected chi connectivity index (χ2v) is 8.70. The van der Waals surface area contributed by atoms with Gasteiger partial charge in [-0.2, -0.15) is 4.31 Å². The van der Waals surface area contributed by atoms with Crippen molar-refractivity contribution in [2.45, 2.75) is 37.2 Å². The summed E-state index contributed by atoms with van der Waals surface area (Å²) in [5, 5.41) is 3.35. The molecule has 0 unspecified atom stereocenters. The van der Waals surface area contributed by atoms with Gasteiger partial charge in [0.15, 0.2) is 0 Å². The summed E-state index contributed by atoms with van der Waals surface area (Å²) in [4.78, 5) is 12.8. The number of carbonyl (C=O) groups is 1. The van der Waals surface area contributed by atoms with Crippen molar-refractivity contribution in [3.05, 3.63) is 64.7 Å². The van der Waals surface area contributed by atoms with Gasteiger partial charge in [-0.15, -0.1) is 0 Å². The summed E-state index contributed by atoms with van der Waals surface area (Å²) in [5.41, 5.74) is 2.11. The van der Waals surface area contributed by atoms with Gasteiger partial charge >= 0.3 is 0 Å². The molecule has 1 saturated heterocycles. The third-order valence-corrected chi connectivity index (χ3v) is 6.82. The van der Waals surface area contributed by atoms with Gasteiger partial charge in [0.1, 0.15) is 6.04 Å². The molecule has 26 heavy (non-hydrogen) atoms. The van der Waals surface area contributed by atoms with Gasteiger partial charge in [0.25, 0.3) is 0 Å². The average molecular weight is 393 g/mol. The Balaban J connectivity index is 1.74. The maximum Gasteiger partial charge on any atom is 0.243 e. The molecule has 1 aliphatic heterocycles. The zero-order chi connectivity index (χ0) is 18.7. The molecular weight excluding hydrogens is 372 g/mol. The molecule has 7 heteroatoms. The largest absolute Gasteiger partial charge is 0.351 e. The van der Waals surface area contributed by atoms with Crippen LogP contribution in [0.15, 0.2) is 53.4 Å². The normalized spacial score (nSPS) is 18.0. The molecule has 1 aliphatic rings. The van der Waals surface area contributed by atoms with Gasteiger partial charge in [-0.1, -0.05) is 35.9 Å². The number of sulfonamides is 1. The number of benzene rings is 2. The Morgan fingerprint density at radius 3 is 2.58 bits per heavy atom. The summed E-state index contributed by atoms with van der Waals surface area (Å²) in [6.45, 7) is 2.71. The third-order valence-electron chi connectivity index (χ3n) is 4.64. The van der Waals surface area contributed by atoms with E-state index in [0.717, 1.165) is 11.1 Å². The standard InChI is InChI=1S/C19H21ClN2O3S/c1-14-5-2-3-6-15(14)13-21-19(23)18-7-4-12-22(18)26(24,25)17-10-8-16(20)9-11-17/h2-3,5-6,8-11,18H,4,7,12-13H2,1H3,(H,21,23)/t18-/m1/s1. The van der Waals surface area contributed by atoms with Crippen molar-refractivity contribution < 1.29 is 13.2 Å². The molecular formula is C19H21ClN2O3S. The zero-order valence-electron chi connectivity index (χ0n) is 14.5. The quantitative estimate of drug-likeness (QED) is 0.850. The highest BCUT2D eigenvalue weighted by Gasteiger charge is 2.39. The Morgan fingerprint density at radius 2 is 1.88 bits per heavy atom. The lowest BCUT2D eigenvalue weighted by Gasteiger charge is -2.23. The molecule has 1 fully saturated rings. The van der Waals surface area contributed by atoms with E-state index >= 15 is 0 Å². The van der Waals surface area contributed by atoms with Crippen molar-refractivity contribution in [1.82, 2.24) is 9.62 Å². The molecule has 0 aromatic heterocycles. The molecule has 0 radical (unpaired) electrons. The molecule has 0 spiro atoms. The van der Waals surface area contributed by atoms with Gasteiger partial charge in [0, 0.05) is 18.1 Å². The molecule has 1 amide bonds. The first-order valence-corrected chi connectivity index (χ1v) is 10.3. The molecule has 2 aromatic carbocycles. The SMILES string of the molecule is Cc1ccccc1CNC(=O)[C@H]1CCCN1S(=O)(=O)c1ccc(Cl)cc1. The van der Waals surface area contributed by atoms with Crippen LogP contribution in [0, 0.1) is 6.92 Å². The molecule has 138 valence electrons. The van der Waals surface area contributed by atoms with Crippen LogP contribution in [0.2, 0.25) is 5.02 Å². The van der Waals surface area contributed by atoms with E-state index in [2.05, 4.69) is 5.32 Å². The lowest BCUT2D eigenvalue weighted by atomic mass is 10.1. The number of halogens is 1. The number of hydrogen-bond donors (Lipinski definition) is 1. The van der Waals surface area contributed by atoms with E-state index in [1.54, 1.807) is 0 Å². The summed E-state index contributed by atoms with van der Waals surface area (Å²) in [6, 6.07) is 13.1. The number of amides is 1. The van der Waals surface area contributed by atoms with E-state index in [0.29, 0.717) is 31.0 Å². The summed E-state index contributed by atoms with van der Waals surface area (Å²) in [5.74, 6) is -0.261. The van der Waals surface area contributed by atoms with E-state index < -0.39 is 16.1 Å². The zero-order valence-corrected chi connectivity index (χ0v) is 16.1. The first kappa shape index (κ1) is 18.9. The molecule has 0 saturated carbocycles. The van der Waals surface area contributed by atoms with Crippen molar-refractivity contribution in [2.75, 3.05) is 6.54 Å². The second kappa shape index (κ2) is 7.78. The molecule has 1 atom stereocenters. The Kier molecular flexibility index (Phi) is 5.65. The smallest absolute Gasteiger partial charge is 0.243 e. The van der Waals surface area contributed by atoms with Crippen molar-refractivity contribution in [2.24, 2.45) is 0 Å². The van der Waals surface area contributed by atoms with Gasteiger partial charge in [0.2, 0.25) is 15.9 Å². The highest BCUT2D eigenvalue weighted by Crippen LogP contribution is 2.27. The number of nitrogens with zero attached hydrogens (tertiary/aromatic N) is 1. The minimum Gasteiger partial charge on any atom is -0.351 e. The van der Waals surface area contributed by atoms with Crippen LogP contribution in [0.25, 0.3) is 0 Å². The number of nitrogens with one attached hydrogen (secondary N) is 1. The van der Waals surface area contributed by atoms with Gasteiger partial charge in [-0.25, -0.2) is 8.42 Å². The summed E-state index contributed by atoms with van der Waals surface area (Å²) in [7, 11) is -3.73. The highest BCUT2D eigenvalue weighted by atomic mass is 35.5. The van der Waals surface area contributed by atoms with Crippen molar-refractivity contribution in [3.63, 3.8) is 0 Å². The first-order valence-electron chi connectivity index (χ1n) is 8.49. The molecule has 5 nitrogen and oxygen atoms in total. The number of aryl methyl sites for hydroxylation is 1. The maximum absolute atomic E-state index is 12.9. The van der Waals surface area contributed by atoms with E-state index in [9.17, 15) is 13.2 Å². The topological polar surface area (TPSA) is 66.5 Å². The summed E-state index contributed by atoms with van der Waals surface area (Å²) >= 11 is 5.84. The van der Waals surface area contributed by atoms with Crippen LogP contribution in [0.5, 0.6) is 0 Å². The van der Waals surface area contributed by atoms with Crippen LogP contribution in [0.3, 0.4) is 0 Å². The van der Waals surface area contributed by atoms with Crippen LogP contribution >= 0.6 is 11.6 Å². The Hall–Kier alpha value is -1.89. The van der Waals surface area contributed by atoms with Gasteiger partial charge < -0.3 is 5.32 Å². The predicted molar refractivity (Wildman–Crippen MR) is 101 cm³/mol. The number of carbonyl (C=O) groups excluding carboxylic acids is 1. The third kappa shape index (κ3) is 3.92. The fourth-order valence-electron chi connectivity index (χ4n) is 3.14. The molecule has 0 bridgehead atoms. The Bertz CT molecular complexity index is 897. The molecule has 1 N–H and O–H groups in total.